The van der Waals surface area contributed by atoms with Gasteiger partial charge in [-0.1, -0.05) is 110 Å². The number of hydrogen-bond acceptors (Lipinski definition) is 15. The second-order valence-electron chi connectivity index (χ2n) is 33.3. The number of esters is 2. The highest BCUT2D eigenvalue weighted by atomic mass is 16.6. The van der Waals surface area contributed by atoms with Crippen LogP contribution in [0.4, 0.5) is 0 Å². The SMILES string of the molecule is C=C(C)C(=O)OCCNC.C=C(C)C(=O)OCCNC=O.C=CC1CC(C)(CC(C)(C)OCCCCC(C)(C)C(C)(C)OCC(COc2ccccc2)C(C)(C)OC)CCC1C1CC(C)(CC(C)(C)OCCCCC(C)(C)C(C)(C)OCC(COc2ccccc2)C(C)(C)OC=O)C1. The van der Waals surface area contributed by atoms with Crippen LogP contribution in [0.25, 0.3) is 0 Å². The van der Waals surface area contributed by atoms with Crippen molar-refractivity contribution < 1.29 is 66.5 Å². The molecule has 2 saturated carbocycles. The molecule has 2 aromatic carbocycles. The minimum atomic E-state index is -0.746. The Hall–Kier alpha value is -5.10. The Morgan fingerprint density at radius 3 is 1.41 bits per heavy atom. The summed E-state index contributed by atoms with van der Waals surface area (Å²) in [6.45, 7) is 60.4. The van der Waals surface area contributed by atoms with Gasteiger partial charge < -0.3 is 58.0 Å². The Kier molecular flexibility index (Phi) is 37.3. The van der Waals surface area contributed by atoms with E-state index in [1.54, 1.807) is 28.0 Å². The molecule has 5 atom stereocenters. The molecular formula is C82H138N2O14. The van der Waals surface area contributed by atoms with Gasteiger partial charge in [-0.05, 0) is 238 Å². The lowest BCUT2D eigenvalue weighted by Crippen LogP contribution is -2.47. The van der Waals surface area contributed by atoms with E-state index < -0.39 is 22.8 Å². The van der Waals surface area contributed by atoms with Crippen LogP contribution in [0.1, 0.15) is 222 Å². The summed E-state index contributed by atoms with van der Waals surface area (Å²) in [5, 5.41) is 5.21. The maximum atomic E-state index is 11.4. The molecule has 2 fully saturated rings. The largest absolute Gasteiger partial charge is 0.493 e. The van der Waals surface area contributed by atoms with Gasteiger partial charge in [-0.15, -0.1) is 6.58 Å². The number of likely N-dealkylation sites (N-methyl/N-ethyl adjacent to an activating group) is 1. The van der Waals surface area contributed by atoms with Crippen molar-refractivity contribution >= 4 is 24.8 Å². The number of para-hydroxylation sites is 2. The van der Waals surface area contributed by atoms with Crippen molar-refractivity contribution in [3.63, 3.8) is 0 Å². The van der Waals surface area contributed by atoms with E-state index in [-0.39, 0.29) is 57.5 Å². The van der Waals surface area contributed by atoms with Crippen molar-refractivity contribution in [3.8, 4) is 11.5 Å². The second kappa shape index (κ2) is 41.1. The van der Waals surface area contributed by atoms with E-state index in [4.69, 9.17) is 42.6 Å². The van der Waals surface area contributed by atoms with Crippen LogP contribution in [0, 0.1) is 51.2 Å². The number of hydrogen-bond donors (Lipinski definition) is 2. The fourth-order valence-electron chi connectivity index (χ4n) is 13.5. The fraction of sp³-hybridized carbons (Fsp3) is 0.732. The minimum Gasteiger partial charge on any atom is -0.493 e. The molecule has 560 valence electrons. The topological polar surface area (TPSA) is 185 Å². The molecular weight excluding hydrogens is 1240 g/mol. The Labute approximate surface area is 595 Å². The maximum Gasteiger partial charge on any atom is 0.333 e. The number of unbranched alkanes of at least 4 members (excludes halogenated alkanes) is 2. The quantitative estimate of drug-likeness (QED) is 0.0159. The summed E-state index contributed by atoms with van der Waals surface area (Å²) in [5.41, 5.74) is -1.05. The van der Waals surface area contributed by atoms with E-state index in [2.05, 4.69) is 152 Å². The van der Waals surface area contributed by atoms with E-state index in [0.717, 1.165) is 82.0 Å². The van der Waals surface area contributed by atoms with Crippen LogP contribution >= 0.6 is 0 Å². The molecule has 0 heterocycles. The van der Waals surface area contributed by atoms with Gasteiger partial charge in [-0.25, -0.2) is 9.59 Å². The highest BCUT2D eigenvalue weighted by Gasteiger charge is 2.51. The van der Waals surface area contributed by atoms with Gasteiger partial charge in [-0.3, -0.25) is 9.59 Å². The lowest BCUT2D eigenvalue weighted by Gasteiger charge is -2.55. The van der Waals surface area contributed by atoms with Gasteiger partial charge in [0.25, 0.3) is 6.47 Å². The smallest absolute Gasteiger partial charge is 0.333 e. The molecule has 5 unspecified atom stereocenters. The monoisotopic (exact) mass is 1380 g/mol. The molecule has 2 aliphatic carbocycles. The zero-order valence-corrected chi connectivity index (χ0v) is 65.5. The van der Waals surface area contributed by atoms with Crippen LogP contribution in [-0.2, 0) is 57.1 Å². The van der Waals surface area contributed by atoms with Crippen molar-refractivity contribution in [2.45, 2.75) is 256 Å². The van der Waals surface area contributed by atoms with Gasteiger partial charge in [0.1, 0.15) is 30.3 Å². The van der Waals surface area contributed by atoms with Gasteiger partial charge in [0.15, 0.2) is 0 Å². The first-order valence-corrected chi connectivity index (χ1v) is 36.2. The summed E-state index contributed by atoms with van der Waals surface area (Å²) in [6.07, 6.45) is 17.5. The number of benzene rings is 2. The van der Waals surface area contributed by atoms with Gasteiger partial charge >= 0.3 is 11.9 Å². The van der Waals surface area contributed by atoms with E-state index >= 15 is 0 Å². The number of nitrogens with one attached hydrogen (secondary N) is 2. The van der Waals surface area contributed by atoms with Gasteiger partial charge in [0, 0.05) is 43.9 Å². The number of carbonyl (C=O) groups excluding carboxylic acids is 4. The number of allylic oxidation sites excluding steroid dienone is 1. The predicted octanol–water partition coefficient (Wildman–Crippen LogP) is 17.3. The highest BCUT2D eigenvalue weighted by Crippen LogP contribution is 2.59. The molecule has 2 aliphatic rings. The normalized spacial score (nSPS) is 19.9. The summed E-state index contributed by atoms with van der Waals surface area (Å²) in [5.74, 6) is 2.80. The molecule has 16 heteroatoms. The number of carbonyl (C=O) groups is 4. The summed E-state index contributed by atoms with van der Waals surface area (Å²) >= 11 is 0. The van der Waals surface area contributed by atoms with Gasteiger partial charge in [0.2, 0.25) is 6.41 Å². The van der Waals surface area contributed by atoms with E-state index in [1.165, 1.54) is 32.1 Å². The Balaban J connectivity index is 0.00000133. The first-order chi connectivity index (χ1) is 45.5. The summed E-state index contributed by atoms with van der Waals surface area (Å²) in [7, 11) is 3.57. The number of rotatable bonds is 46. The van der Waals surface area contributed by atoms with E-state index in [1.807, 2.05) is 74.5 Å². The molecule has 0 spiro atoms. The summed E-state index contributed by atoms with van der Waals surface area (Å²) in [6, 6.07) is 19.7. The van der Waals surface area contributed by atoms with Crippen molar-refractivity contribution in [3.05, 3.63) is 97.6 Å². The number of methoxy groups -OCH3 is 1. The lowest BCUT2D eigenvalue weighted by atomic mass is 9.51. The van der Waals surface area contributed by atoms with Crippen LogP contribution in [-0.4, -0.2) is 139 Å². The first-order valence-electron chi connectivity index (χ1n) is 36.2. The Morgan fingerprint density at radius 2 is 1.01 bits per heavy atom. The molecule has 0 bridgehead atoms. The fourth-order valence-corrected chi connectivity index (χ4v) is 13.5. The lowest BCUT2D eigenvalue weighted by molar-refractivity contribution is -0.162. The zero-order chi connectivity index (χ0) is 74.3. The third-order valence-electron chi connectivity index (χ3n) is 21.5. The van der Waals surface area contributed by atoms with Crippen molar-refractivity contribution in [2.75, 3.05) is 80.1 Å². The highest BCUT2D eigenvalue weighted by molar-refractivity contribution is 5.87. The summed E-state index contributed by atoms with van der Waals surface area (Å²) in [4.78, 5) is 42.5. The molecule has 1 amide bonds. The molecule has 4 rings (SSSR count). The van der Waals surface area contributed by atoms with Crippen LogP contribution in [0.3, 0.4) is 0 Å². The predicted molar refractivity (Wildman–Crippen MR) is 397 cm³/mol. The van der Waals surface area contributed by atoms with Crippen LogP contribution in [0.15, 0.2) is 97.6 Å². The average Bonchev–Trinajstić information content (AvgIpc) is 0.757. The molecule has 0 radical (unpaired) electrons. The molecule has 0 saturated heterocycles. The molecule has 0 aliphatic heterocycles. The summed E-state index contributed by atoms with van der Waals surface area (Å²) < 4.78 is 60.0. The third-order valence-corrected chi connectivity index (χ3v) is 21.5. The molecule has 2 N–H and O–H groups in total. The second-order valence-corrected chi connectivity index (χ2v) is 33.3. The van der Waals surface area contributed by atoms with Crippen molar-refractivity contribution in [1.82, 2.24) is 10.6 Å². The van der Waals surface area contributed by atoms with Gasteiger partial charge in [0.05, 0.1) is 66.9 Å². The van der Waals surface area contributed by atoms with E-state index in [0.29, 0.717) is 87.4 Å². The van der Waals surface area contributed by atoms with Crippen molar-refractivity contribution in [2.24, 2.45) is 51.2 Å². The zero-order valence-electron chi connectivity index (χ0n) is 65.5. The standard InChI is InChI=1S/C68H114O9.C7H11NO3.C7H13NO2/c1-21-52-42-67(18,49-61(6,7)73-40-30-28-37-59(2,3)65(14,15)75-47-54(63(10,11)70-20)45-71-56-32-24-22-25-33-56)39-36-58(52)53-43-68(19,44-53)50-62(8,9)74-41-31-29-38-60(4,5)66(16,17)76-48-55(64(12,13)77-51-69)46-72-57-34-26-23-27-35-57;1-6(2)7(10)11-4-3-8-5-9;1-6(2)7(9)10-5-4-8-3/h21-27,32-35,51-55,58H,1,28-31,36-50H2,2-20H3;5H,1,3-4H2,2H3,(H,8,9);8H,1,4-5H2,2-3H3. The Bertz CT molecular complexity index is 2660. The number of ether oxygens (including phenoxy) is 10. The van der Waals surface area contributed by atoms with Crippen LogP contribution < -0.4 is 20.1 Å². The van der Waals surface area contributed by atoms with Gasteiger partial charge in [-0.2, -0.15) is 0 Å². The van der Waals surface area contributed by atoms with Crippen LogP contribution in [0.5, 0.6) is 11.5 Å². The average molecular weight is 1380 g/mol. The molecule has 16 nitrogen and oxygen atoms in total. The van der Waals surface area contributed by atoms with E-state index in [9.17, 15) is 19.2 Å². The molecule has 0 aromatic heterocycles. The number of amides is 1. The molecule has 2 aromatic rings. The third kappa shape index (κ3) is 31.8. The van der Waals surface area contributed by atoms with Crippen LogP contribution in [0.2, 0.25) is 0 Å². The minimum absolute atomic E-state index is 0.0336. The maximum absolute atomic E-state index is 11.4. The van der Waals surface area contributed by atoms with Crippen molar-refractivity contribution in [1.29, 1.82) is 0 Å². The molecule has 98 heavy (non-hydrogen) atoms. The Morgan fingerprint density at radius 1 is 0.582 bits per heavy atom. The first kappa shape index (κ1) is 89.0.